The summed E-state index contributed by atoms with van der Waals surface area (Å²) in [5.41, 5.74) is 9.16. The molecular formula is C6H10N10O4. The molecule has 2 aromatic heterocycles. The van der Waals surface area contributed by atoms with E-state index >= 15 is 0 Å². The first kappa shape index (κ1) is 14.6. The number of nitrogens with one attached hydrogen (secondary N) is 1. The Morgan fingerprint density at radius 1 is 1.50 bits per heavy atom. The molecule has 0 atom stereocenters. The van der Waals surface area contributed by atoms with E-state index in [4.69, 9.17) is 11.5 Å². The van der Waals surface area contributed by atoms with Crippen LogP contribution in [0.5, 0.6) is 0 Å². The van der Waals surface area contributed by atoms with E-state index in [1.54, 1.807) is 6.92 Å². The number of nitro groups is 1. The van der Waals surface area contributed by atoms with Crippen LogP contribution in [0.3, 0.4) is 0 Å². The molecule has 0 unspecified atom stereocenters. The van der Waals surface area contributed by atoms with E-state index in [1.165, 1.54) is 0 Å². The van der Waals surface area contributed by atoms with Crippen LogP contribution in [0.15, 0.2) is 14.3 Å². The van der Waals surface area contributed by atoms with Gasteiger partial charge in [0, 0.05) is 6.92 Å². The zero-order chi connectivity index (χ0) is 15.1. The van der Waals surface area contributed by atoms with Gasteiger partial charge in [-0.1, -0.05) is 10.3 Å². The summed E-state index contributed by atoms with van der Waals surface area (Å²) >= 11 is 0. The average Bonchev–Trinajstić information content (AvgIpc) is 2.98. The number of hydrazine groups is 1. The lowest BCUT2D eigenvalue weighted by Gasteiger charge is -1.86. The lowest BCUT2D eigenvalue weighted by molar-refractivity contribution is -0.490. The van der Waals surface area contributed by atoms with Crippen molar-refractivity contribution in [2.75, 3.05) is 0 Å². The molecule has 0 aliphatic carbocycles. The zero-order valence-corrected chi connectivity index (χ0v) is 10.0. The van der Waals surface area contributed by atoms with Gasteiger partial charge in [0.05, 0.1) is 5.69 Å². The lowest BCUT2D eigenvalue weighted by Crippen LogP contribution is -2.84. The molecule has 0 spiro atoms. The predicted molar refractivity (Wildman–Crippen MR) is 58.9 cm³/mol. The van der Waals surface area contributed by atoms with E-state index in [2.05, 4.69) is 40.6 Å². The van der Waals surface area contributed by atoms with Gasteiger partial charge in [0.1, 0.15) is 10.5 Å². The first-order valence-electron chi connectivity index (χ1n) is 4.77. The molecular weight excluding hydrogens is 276 g/mol. The zero-order valence-electron chi connectivity index (χ0n) is 10.0. The van der Waals surface area contributed by atoms with Crippen molar-refractivity contribution in [3.8, 4) is 11.5 Å². The van der Waals surface area contributed by atoms with Crippen LogP contribution in [0.2, 0.25) is 0 Å². The molecule has 2 aromatic rings. The summed E-state index contributed by atoms with van der Waals surface area (Å²) in [7, 11) is 0. The average molecular weight is 286 g/mol. The predicted octanol–water partition coefficient (Wildman–Crippen LogP) is -4.70. The Bertz CT molecular complexity index is 661. The van der Waals surface area contributed by atoms with Gasteiger partial charge in [-0.15, -0.1) is 0 Å². The molecule has 14 heteroatoms. The summed E-state index contributed by atoms with van der Waals surface area (Å²) in [6, 6.07) is 0. The molecule has 2 rings (SSSR count). The van der Waals surface area contributed by atoms with Crippen molar-refractivity contribution in [2.24, 2.45) is 22.4 Å². The van der Waals surface area contributed by atoms with Gasteiger partial charge in [0.25, 0.3) is 0 Å². The Labute approximate surface area is 109 Å². The second-order valence-electron chi connectivity index (χ2n) is 3.01. The molecule has 0 bridgehead atoms. The van der Waals surface area contributed by atoms with E-state index in [0.29, 0.717) is 5.89 Å². The summed E-state index contributed by atoms with van der Waals surface area (Å²) < 4.78 is 8.96. The quantitative estimate of drug-likeness (QED) is 0.135. The van der Waals surface area contributed by atoms with Crippen LogP contribution < -0.4 is 33.1 Å². The third kappa shape index (κ3) is 4.09. The number of hydrogen-bond donors (Lipinski definition) is 4. The fourth-order valence-corrected chi connectivity index (χ4v) is 0.863. The Kier molecular flexibility index (Phi) is 4.73. The number of hydrazone groups is 1. The molecule has 20 heavy (non-hydrogen) atoms. The van der Waals surface area contributed by atoms with Crippen LogP contribution in [-0.4, -0.2) is 26.3 Å². The minimum atomic E-state index is -0.921. The number of aromatic nitrogens is 4. The van der Waals surface area contributed by atoms with Crippen molar-refractivity contribution in [2.45, 2.75) is 6.92 Å². The number of nitrogens with two attached hydrogens (primary N) is 3. The van der Waals surface area contributed by atoms with Crippen LogP contribution in [0, 0.1) is 17.0 Å². The van der Waals surface area contributed by atoms with Crippen molar-refractivity contribution >= 4 is 5.96 Å². The molecule has 0 saturated heterocycles. The number of hydrogen-bond acceptors (Lipinski definition) is 8. The Balaban J connectivity index is 0.000000347. The number of nitrogens with zero attached hydrogens (tertiary/aromatic N) is 6. The largest absolute Gasteiger partial charge is 0.381 e. The molecule has 0 amide bonds. The molecule has 108 valence electrons. The van der Waals surface area contributed by atoms with E-state index in [-0.39, 0.29) is 23.0 Å². The Hall–Kier alpha value is -3.45. The molecule has 0 aliphatic heterocycles. The molecule has 0 aliphatic rings. The summed E-state index contributed by atoms with van der Waals surface area (Å²) in [6.45, 7) is 1.56. The summed E-state index contributed by atoms with van der Waals surface area (Å²) in [5, 5.41) is 24.2. The van der Waals surface area contributed by atoms with Gasteiger partial charge < -0.3 is 9.15 Å². The van der Waals surface area contributed by atoms with Gasteiger partial charge in [-0.2, -0.15) is 20.4 Å². The molecule has 7 N–H and O–H groups in total. The van der Waals surface area contributed by atoms with Crippen LogP contribution in [0.25, 0.3) is 11.5 Å². The van der Waals surface area contributed by atoms with Crippen LogP contribution in [0.1, 0.15) is 5.89 Å². The second-order valence-corrected chi connectivity index (χ2v) is 3.01. The van der Waals surface area contributed by atoms with Gasteiger partial charge in [-0.05, 0) is 0 Å². The lowest BCUT2D eigenvalue weighted by atomic mass is 10.4. The van der Waals surface area contributed by atoms with Crippen molar-refractivity contribution in [1.82, 2.24) is 20.5 Å². The van der Waals surface area contributed by atoms with Crippen LogP contribution in [0.4, 0.5) is 0 Å². The molecule has 2 heterocycles. The first-order valence-corrected chi connectivity index (χ1v) is 4.77. The van der Waals surface area contributed by atoms with E-state index in [9.17, 15) is 10.1 Å². The molecule has 0 fully saturated rings. The fraction of sp³-hybridized carbons (Fsp3) is 0.167. The van der Waals surface area contributed by atoms with E-state index < -0.39 is 5.03 Å². The maximum Gasteiger partial charge on any atom is 0.360 e. The van der Waals surface area contributed by atoms with Gasteiger partial charge in [0.2, 0.25) is 11.7 Å². The Morgan fingerprint density at radius 2 is 2.15 bits per heavy atom. The molecule has 0 saturated carbocycles. The normalized spacial score (nSPS) is 10.6. The third-order valence-electron chi connectivity index (χ3n) is 1.55. The van der Waals surface area contributed by atoms with Crippen molar-refractivity contribution in [1.29, 1.82) is 0 Å². The highest BCUT2D eigenvalue weighted by Gasteiger charge is 2.08. The topological polar surface area (TPSA) is 227 Å². The SMILES string of the molecule is Cc1nc(-c2no[n-]/c2=N\[N+](=O)[O-])no1.N[NH+]=C(N)N. The van der Waals surface area contributed by atoms with Crippen LogP contribution in [-0.2, 0) is 0 Å². The van der Waals surface area contributed by atoms with Crippen molar-refractivity contribution in [3.63, 3.8) is 0 Å². The van der Waals surface area contributed by atoms with E-state index in [0.717, 1.165) is 0 Å². The minimum absolute atomic E-state index is 0.0324. The monoisotopic (exact) mass is 286 g/mol. The number of guanidine groups is 1. The van der Waals surface area contributed by atoms with Gasteiger partial charge in [-0.3, -0.25) is 17.3 Å². The highest BCUT2D eigenvalue weighted by molar-refractivity contribution is 5.68. The Morgan fingerprint density at radius 3 is 2.60 bits per heavy atom. The molecule has 14 nitrogen and oxygen atoms in total. The summed E-state index contributed by atoms with van der Waals surface area (Å²) in [4.78, 5) is 13.9. The fourth-order valence-electron chi connectivity index (χ4n) is 0.863. The highest BCUT2D eigenvalue weighted by Crippen LogP contribution is 2.06. The maximum atomic E-state index is 10.1. The van der Waals surface area contributed by atoms with Crippen LogP contribution >= 0.6 is 0 Å². The first-order chi connectivity index (χ1) is 9.43. The number of aryl methyl sites for hydroxylation is 1. The van der Waals surface area contributed by atoms with Crippen molar-refractivity contribution < 1.29 is 19.3 Å². The summed E-state index contributed by atoms with van der Waals surface area (Å²) in [5.74, 6) is 4.99. The van der Waals surface area contributed by atoms with Gasteiger partial charge in [0.15, 0.2) is 0 Å². The third-order valence-corrected chi connectivity index (χ3v) is 1.55. The smallest absolute Gasteiger partial charge is 0.360 e. The summed E-state index contributed by atoms with van der Waals surface area (Å²) in [6.07, 6.45) is 0. The molecule has 0 radical (unpaired) electrons. The minimum Gasteiger partial charge on any atom is -0.381 e. The van der Waals surface area contributed by atoms with E-state index in [1.807, 2.05) is 5.10 Å². The molecule has 0 aromatic carbocycles. The standard InChI is InChI=1S/C5H3N6O4.CH6N4/c1-2-6-4(9-14-2)3-5(7-11(12)13)10-15-8-3;2-1(3)5-4/h1H3;4H2,(H4,2,3,5)/q-1;/p+1. The second kappa shape index (κ2) is 6.47. The maximum absolute atomic E-state index is 10.1. The van der Waals surface area contributed by atoms with Gasteiger partial charge in [-0.25, -0.2) is 10.1 Å². The van der Waals surface area contributed by atoms with Gasteiger partial charge >= 0.3 is 5.96 Å². The van der Waals surface area contributed by atoms with Crippen molar-refractivity contribution in [3.05, 3.63) is 21.5 Å². The number of rotatable bonds is 2. The highest BCUT2D eigenvalue weighted by atomic mass is 16.7.